The quantitative estimate of drug-likeness (QED) is 0.366. The van der Waals surface area contributed by atoms with Gasteiger partial charge in [0.2, 0.25) is 15.8 Å². The lowest BCUT2D eigenvalue weighted by atomic mass is 10.2. The van der Waals surface area contributed by atoms with E-state index in [0.717, 1.165) is 4.57 Å². The molecule has 13 heteroatoms. The summed E-state index contributed by atoms with van der Waals surface area (Å²) in [5, 5.41) is 0. The summed E-state index contributed by atoms with van der Waals surface area (Å²) in [5.74, 6) is -1.91. The molecule has 31 heavy (non-hydrogen) atoms. The molecule has 0 amide bonds. The van der Waals surface area contributed by atoms with Crippen LogP contribution in [0.4, 0.5) is 5.82 Å². The minimum atomic E-state index is -4.05. The van der Waals surface area contributed by atoms with E-state index in [1.54, 1.807) is 0 Å². The van der Waals surface area contributed by atoms with Crippen molar-refractivity contribution in [3.63, 3.8) is 0 Å². The molecule has 1 heterocycles. The van der Waals surface area contributed by atoms with Crippen LogP contribution < -0.4 is 26.4 Å². The Labute approximate surface area is 177 Å². The lowest BCUT2D eigenvalue weighted by Crippen LogP contribution is -2.43. The summed E-state index contributed by atoms with van der Waals surface area (Å²) in [6.45, 7) is 0.360. The Balaban J connectivity index is 2.09. The minimum Gasteiger partial charge on any atom is -0.497 e. The third-order valence-corrected chi connectivity index (χ3v) is 5.95. The first-order valence-corrected chi connectivity index (χ1v) is 10.3. The summed E-state index contributed by atoms with van der Waals surface area (Å²) in [4.78, 5) is 48.4. The topological polar surface area (TPSA) is 169 Å². The van der Waals surface area contributed by atoms with Crippen molar-refractivity contribution < 1.29 is 27.5 Å². The largest absolute Gasteiger partial charge is 0.497 e. The number of carbonyl (C=O) groups excluding carboxylic acids is 2. The lowest BCUT2D eigenvalue weighted by molar-refractivity contribution is -0.144. The maximum absolute atomic E-state index is 12.4. The fourth-order valence-corrected chi connectivity index (χ4v) is 3.75. The van der Waals surface area contributed by atoms with Crippen LogP contribution in [0.25, 0.3) is 0 Å². The molecule has 0 radical (unpaired) electrons. The fourth-order valence-electron chi connectivity index (χ4n) is 2.56. The molecule has 0 spiro atoms. The summed E-state index contributed by atoms with van der Waals surface area (Å²) in [7, 11) is -0.179. The van der Waals surface area contributed by atoms with E-state index < -0.39 is 51.2 Å². The number of ether oxygens (including phenoxy) is 2. The van der Waals surface area contributed by atoms with Gasteiger partial charge in [-0.3, -0.25) is 23.5 Å². The second kappa shape index (κ2) is 9.14. The van der Waals surface area contributed by atoms with Crippen molar-refractivity contribution >= 4 is 27.6 Å². The molecule has 2 rings (SSSR count). The zero-order valence-corrected chi connectivity index (χ0v) is 18.1. The third kappa shape index (κ3) is 5.00. The lowest BCUT2D eigenvalue weighted by Gasteiger charge is -2.14. The average Bonchev–Trinajstić information content (AvgIpc) is 2.74. The number of nitrogens with two attached hydrogens (primary N) is 1. The average molecular weight is 454 g/mol. The van der Waals surface area contributed by atoms with Crippen molar-refractivity contribution in [1.29, 1.82) is 0 Å². The molecule has 0 saturated carbocycles. The second-order valence-electron chi connectivity index (χ2n) is 6.52. The van der Waals surface area contributed by atoms with E-state index in [1.165, 1.54) is 52.4 Å². The SMILES string of the molecule is COc1ccc(S(=O)(=O)N[C@@H](C)C(=O)OCC(=O)c2c(N)n(C)c(=O)n(C)c2=O)cc1. The maximum atomic E-state index is 12.4. The summed E-state index contributed by atoms with van der Waals surface area (Å²) < 4.78 is 38.3. The first-order valence-electron chi connectivity index (χ1n) is 8.82. The number of benzene rings is 1. The number of aromatic nitrogens is 2. The number of rotatable bonds is 8. The van der Waals surface area contributed by atoms with Gasteiger partial charge in [0.05, 0.1) is 12.0 Å². The predicted molar refractivity (Wildman–Crippen MR) is 109 cm³/mol. The van der Waals surface area contributed by atoms with Crippen LogP contribution in [0.2, 0.25) is 0 Å². The highest BCUT2D eigenvalue weighted by molar-refractivity contribution is 7.89. The molecular weight excluding hydrogens is 432 g/mol. The standard InChI is InChI=1S/C18H22N4O8S/c1-10(20-31(27,28)12-7-5-11(29-4)6-8-12)17(25)30-9-13(23)14-15(19)21(2)18(26)22(3)16(14)24/h5-8,10,20H,9,19H2,1-4H3/t10-/m0/s1. The van der Waals surface area contributed by atoms with Crippen LogP contribution in [0.5, 0.6) is 5.75 Å². The highest BCUT2D eigenvalue weighted by atomic mass is 32.2. The molecular formula is C18H22N4O8S. The molecule has 1 aromatic carbocycles. The number of nitrogen functional groups attached to an aromatic ring is 1. The van der Waals surface area contributed by atoms with E-state index in [-0.39, 0.29) is 10.7 Å². The zero-order valence-electron chi connectivity index (χ0n) is 17.2. The van der Waals surface area contributed by atoms with Gasteiger partial charge in [0.15, 0.2) is 6.61 Å². The number of Topliss-reactive ketones (excluding diaryl/α,β-unsaturated/α-hetero) is 1. The van der Waals surface area contributed by atoms with Crippen LogP contribution >= 0.6 is 0 Å². The number of nitrogens with one attached hydrogen (secondary N) is 1. The molecule has 1 aromatic heterocycles. The number of hydrogen-bond acceptors (Lipinski definition) is 9. The monoisotopic (exact) mass is 454 g/mol. The molecule has 0 aliphatic heterocycles. The first-order chi connectivity index (χ1) is 14.4. The Morgan fingerprint density at radius 2 is 1.71 bits per heavy atom. The molecule has 12 nitrogen and oxygen atoms in total. The number of anilines is 1. The van der Waals surface area contributed by atoms with Gasteiger partial charge < -0.3 is 15.2 Å². The Kier molecular flexibility index (Phi) is 7.02. The van der Waals surface area contributed by atoms with E-state index in [4.69, 9.17) is 15.2 Å². The Morgan fingerprint density at radius 3 is 2.26 bits per heavy atom. The van der Waals surface area contributed by atoms with Crippen molar-refractivity contribution in [1.82, 2.24) is 13.9 Å². The van der Waals surface area contributed by atoms with Crippen molar-refractivity contribution in [2.24, 2.45) is 14.1 Å². The van der Waals surface area contributed by atoms with E-state index in [2.05, 4.69) is 4.72 Å². The van der Waals surface area contributed by atoms with Gasteiger partial charge in [0.25, 0.3) is 5.56 Å². The third-order valence-electron chi connectivity index (χ3n) is 4.39. The smallest absolute Gasteiger partial charge is 0.332 e. The van der Waals surface area contributed by atoms with E-state index >= 15 is 0 Å². The predicted octanol–water partition coefficient (Wildman–Crippen LogP) is -1.23. The molecule has 3 N–H and O–H groups in total. The minimum absolute atomic E-state index is 0.106. The van der Waals surface area contributed by atoms with Crippen LogP contribution in [-0.2, 0) is 33.7 Å². The normalized spacial score (nSPS) is 12.3. The highest BCUT2D eigenvalue weighted by Gasteiger charge is 2.26. The second-order valence-corrected chi connectivity index (χ2v) is 8.23. The molecule has 1 atom stereocenters. The van der Waals surface area contributed by atoms with Crippen molar-refractivity contribution in [2.75, 3.05) is 19.5 Å². The van der Waals surface area contributed by atoms with Gasteiger partial charge in [-0.25, -0.2) is 13.2 Å². The Morgan fingerprint density at radius 1 is 1.13 bits per heavy atom. The van der Waals surface area contributed by atoms with Crippen molar-refractivity contribution in [3.8, 4) is 5.75 Å². The summed E-state index contributed by atoms with van der Waals surface area (Å²) in [6.07, 6.45) is 0. The Bertz CT molecular complexity index is 1230. The number of ketones is 1. The number of nitrogens with zero attached hydrogens (tertiary/aromatic N) is 2. The van der Waals surface area contributed by atoms with Gasteiger partial charge in [-0.05, 0) is 31.2 Å². The van der Waals surface area contributed by atoms with Gasteiger partial charge in [-0.2, -0.15) is 4.72 Å². The van der Waals surface area contributed by atoms with E-state index in [0.29, 0.717) is 10.3 Å². The number of sulfonamides is 1. The molecule has 0 aliphatic carbocycles. The number of carbonyl (C=O) groups is 2. The molecule has 0 saturated heterocycles. The number of hydrogen-bond donors (Lipinski definition) is 2. The van der Waals surface area contributed by atoms with Crippen molar-refractivity contribution in [3.05, 3.63) is 50.7 Å². The summed E-state index contributed by atoms with van der Waals surface area (Å²) in [5.41, 5.74) is 3.51. The van der Waals surface area contributed by atoms with Crippen molar-refractivity contribution in [2.45, 2.75) is 17.9 Å². The molecule has 0 aliphatic rings. The van der Waals surface area contributed by atoms with Gasteiger partial charge in [-0.1, -0.05) is 0 Å². The van der Waals surface area contributed by atoms with E-state index in [9.17, 15) is 27.6 Å². The highest BCUT2D eigenvalue weighted by Crippen LogP contribution is 2.15. The number of methoxy groups -OCH3 is 1. The van der Waals surface area contributed by atoms with Gasteiger partial charge >= 0.3 is 11.7 Å². The molecule has 0 unspecified atom stereocenters. The zero-order chi connectivity index (χ0) is 23.5. The Hall–Kier alpha value is -3.45. The maximum Gasteiger partial charge on any atom is 0.332 e. The molecule has 168 valence electrons. The molecule has 2 aromatic rings. The molecule has 0 fully saturated rings. The van der Waals surface area contributed by atoms with Crippen LogP contribution in [0.1, 0.15) is 17.3 Å². The molecule has 0 bridgehead atoms. The first kappa shape index (κ1) is 23.8. The van der Waals surface area contributed by atoms with Gasteiger partial charge in [-0.15, -0.1) is 0 Å². The van der Waals surface area contributed by atoms with Crippen LogP contribution in [0.3, 0.4) is 0 Å². The fraction of sp³-hybridized carbons (Fsp3) is 0.333. The number of esters is 1. The van der Waals surface area contributed by atoms with Crippen LogP contribution in [0, 0.1) is 0 Å². The van der Waals surface area contributed by atoms with Crippen LogP contribution in [0.15, 0.2) is 38.8 Å². The summed E-state index contributed by atoms with van der Waals surface area (Å²) in [6, 6.07) is 4.13. The van der Waals surface area contributed by atoms with Gasteiger partial charge in [0, 0.05) is 14.1 Å². The van der Waals surface area contributed by atoms with E-state index in [1.807, 2.05) is 0 Å². The van der Waals surface area contributed by atoms with Gasteiger partial charge in [0.1, 0.15) is 23.2 Å². The summed E-state index contributed by atoms with van der Waals surface area (Å²) >= 11 is 0. The van der Waals surface area contributed by atoms with Crippen LogP contribution in [-0.4, -0.2) is 49.1 Å².